The Kier molecular flexibility index (Phi) is 8.50. The van der Waals surface area contributed by atoms with Crippen molar-refractivity contribution in [1.82, 2.24) is 9.88 Å². The van der Waals surface area contributed by atoms with E-state index in [-0.39, 0.29) is 18.1 Å². The maximum absolute atomic E-state index is 12.5. The van der Waals surface area contributed by atoms with Gasteiger partial charge in [0, 0.05) is 36.5 Å². The Morgan fingerprint density at radius 2 is 1.77 bits per heavy atom. The zero-order valence-corrected chi connectivity index (χ0v) is 20.6. The molecule has 0 atom stereocenters. The maximum Gasteiger partial charge on any atom is 0.225 e. The Labute approximate surface area is 211 Å². The van der Waals surface area contributed by atoms with Gasteiger partial charge in [0.05, 0.1) is 0 Å². The average molecular weight is 492 g/mol. The van der Waals surface area contributed by atoms with Crippen molar-refractivity contribution in [3.63, 3.8) is 0 Å². The number of hydrogen-bond donors (Lipinski definition) is 1. The summed E-state index contributed by atoms with van der Waals surface area (Å²) in [5, 5.41) is 3.36. The highest BCUT2D eigenvalue weighted by Crippen LogP contribution is 2.28. The standard InChI is InChI=1S/C28H30ClN3O3/c1-32-13-10-21(11-14-32)16-28(34)31-27-19-25(9-12-30-27)35-24-8-7-22(26(29)18-24)17-23(33)15-20-5-3-2-4-6-20/h2-9,12,18-19,21H,10-11,13-17H2,1H3,(H,30,31,34). The van der Waals surface area contributed by atoms with E-state index >= 15 is 0 Å². The van der Waals surface area contributed by atoms with Crippen LogP contribution in [0.15, 0.2) is 66.9 Å². The summed E-state index contributed by atoms with van der Waals surface area (Å²) in [6.45, 7) is 2.06. The number of pyridine rings is 1. The summed E-state index contributed by atoms with van der Waals surface area (Å²) in [5.74, 6) is 2.02. The summed E-state index contributed by atoms with van der Waals surface area (Å²) >= 11 is 6.44. The minimum atomic E-state index is -0.0308. The zero-order valence-electron chi connectivity index (χ0n) is 19.9. The highest BCUT2D eigenvalue weighted by molar-refractivity contribution is 6.31. The molecule has 1 aliphatic rings. The van der Waals surface area contributed by atoms with E-state index in [1.54, 1.807) is 30.5 Å². The molecule has 0 unspecified atom stereocenters. The largest absolute Gasteiger partial charge is 0.457 e. The first-order valence-corrected chi connectivity index (χ1v) is 12.3. The summed E-state index contributed by atoms with van der Waals surface area (Å²) in [6, 6.07) is 18.4. The van der Waals surface area contributed by atoms with Crippen LogP contribution < -0.4 is 10.1 Å². The summed E-state index contributed by atoms with van der Waals surface area (Å²) in [6.07, 6.45) is 4.80. The molecule has 0 bridgehead atoms. The van der Waals surface area contributed by atoms with E-state index in [2.05, 4.69) is 22.2 Å². The van der Waals surface area contributed by atoms with Crippen molar-refractivity contribution < 1.29 is 14.3 Å². The summed E-state index contributed by atoms with van der Waals surface area (Å²) in [7, 11) is 2.11. The van der Waals surface area contributed by atoms with Crippen molar-refractivity contribution in [2.24, 2.45) is 5.92 Å². The van der Waals surface area contributed by atoms with E-state index in [0.29, 0.717) is 41.1 Å². The topological polar surface area (TPSA) is 71.5 Å². The van der Waals surface area contributed by atoms with Gasteiger partial charge in [-0.2, -0.15) is 0 Å². The first kappa shape index (κ1) is 24.9. The number of benzene rings is 2. The molecule has 4 rings (SSSR count). The van der Waals surface area contributed by atoms with Gasteiger partial charge in [-0.3, -0.25) is 9.59 Å². The molecular formula is C28H30ClN3O3. The van der Waals surface area contributed by atoms with Crippen molar-refractivity contribution in [1.29, 1.82) is 0 Å². The van der Waals surface area contributed by atoms with Crippen LogP contribution in [0.1, 0.15) is 30.4 Å². The van der Waals surface area contributed by atoms with Crippen molar-refractivity contribution in [3.8, 4) is 11.5 Å². The number of hydrogen-bond acceptors (Lipinski definition) is 5. The number of anilines is 1. The third-order valence-electron chi connectivity index (χ3n) is 6.20. The van der Waals surface area contributed by atoms with Gasteiger partial charge in [0.15, 0.2) is 0 Å². The number of nitrogens with one attached hydrogen (secondary N) is 1. The molecule has 182 valence electrons. The summed E-state index contributed by atoms with van der Waals surface area (Å²) in [4.78, 5) is 31.4. The monoisotopic (exact) mass is 491 g/mol. The predicted octanol–water partition coefficient (Wildman–Crippen LogP) is 5.55. The molecular weight excluding hydrogens is 462 g/mol. The second-order valence-electron chi connectivity index (χ2n) is 9.11. The van der Waals surface area contributed by atoms with Crippen molar-refractivity contribution in [3.05, 3.63) is 83.0 Å². The average Bonchev–Trinajstić information content (AvgIpc) is 2.83. The molecule has 7 heteroatoms. The molecule has 1 amide bonds. The molecule has 1 fully saturated rings. The van der Waals surface area contributed by atoms with Crippen LogP contribution in [0.2, 0.25) is 5.02 Å². The van der Waals surface area contributed by atoms with Gasteiger partial charge in [-0.05, 0) is 68.2 Å². The van der Waals surface area contributed by atoms with Crippen LogP contribution in [0.25, 0.3) is 0 Å². The molecule has 0 spiro atoms. The first-order valence-electron chi connectivity index (χ1n) is 11.9. The number of carbonyl (C=O) groups excluding carboxylic acids is 2. The third-order valence-corrected chi connectivity index (χ3v) is 6.55. The van der Waals surface area contributed by atoms with Crippen LogP contribution in [0, 0.1) is 5.92 Å². The van der Waals surface area contributed by atoms with E-state index in [1.807, 2.05) is 36.4 Å². The number of amides is 1. The van der Waals surface area contributed by atoms with E-state index in [4.69, 9.17) is 16.3 Å². The lowest BCUT2D eigenvalue weighted by atomic mass is 9.93. The fraction of sp³-hybridized carbons (Fsp3) is 0.321. The minimum Gasteiger partial charge on any atom is -0.457 e. The number of ketones is 1. The zero-order chi connectivity index (χ0) is 24.6. The smallest absolute Gasteiger partial charge is 0.225 e. The highest BCUT2D eigenvalue weighted by atomic mass is 35.5. The Morgan fingerprint density at radius 3 is 2.51 bits per heavy atom. The fourth-order valence-electron chi connectivity index (χ4n) is 4.23. The van der Waals surface area contributed by atoms with Gasteiger partial charge in [0.2, 0.25) is 5.91 Å². The van der Waals surface area contributed by atoms with Gasteiger partial charge in [-0.25, -0.2) is 4.98 Å². The number of rotatable bonds is 9. The van der Waals surface area contributed by atoms with Crippen molar-refractivity contribution in [2.75, 3.05) is 25.5 Å². The molecule has 0 aliphatic carbocycles. The number of ether oxygens (including phenoxy) is 1. The lowest BCUT2D eigenvalue weighted by molar-refractivity contribution is -0.118. The van der Waals surface area contributed by atoms with Crippen LogP contribution in [0.5, 0.6) is 11.5 Å². The fourth-order valence-corrected chi connectivity index (χ4v) is 4.47. The first-order chi connectivity index (χ1) is 16.9. The molecule has 1 aromatic heterocycles. The molecule has 1 N–H and O–H groups in total. The summed E-state index contributed by atoms with van der Waals surface area (Å²) in [5.41, 5.74) is 1.75. The molecule has 2 heterocycles. The van der Waals surface area contributed by atoms with Crippen LogP contribution >= 0.6 is 11.6 Å². The van der Waals surface area contributed by atoms with Gasteiger partial charge in [-0.15, -0.1) is 0 Å². The summed E-state index contributed by atoms with van der Waals surface area (Å²) < 4.78 is 5.93. The van der Waals surface area contributed by atoms with E-state index in [0.717, 1.165) is 37.1 Å². The van der Waals surface area contributed by atoms with Crippen molar-refractivity contribution in [2.45, 2.75) is 32.1 Å². The Balaban J connectivity index is 1.31. The molecule has 0 radical (unpaired) electrons. The van der Waals surface area contributed by atoms with Crippen molar-refractivity contribution >= 4 is 29.1 Å². The Morgan fingerprint density at radius 1 is 1.03 bits per heavy atom. The molecule has 1 saturated heterocycles. The minimum absolute atomic E-state index is 0.0308. The lowest BCUT2D eigenvalue weighted by Gasteiger charge is -2.28. The lowest BCUT2D eigenvalue weighted by Crippen LogP contribution is -2.32. The molecule has 3 aromatic rings. The van der Waals surface area contributed by atoms with E-state index in [1.165, 1.54) is 0 Å². The van der Waals surface area contributed by atoms with Crippen LogP contribution in [0.3, 0.4) is 0 Å². The SMILES string of the molecule is CN1CCC(CC(=O)Nc2cc(Oc3ccc(CC(=O)Cc4ccccc4)c(Cl)c3)ccn2)CC1. The van der Waals surface area contributed by atoms with Gasteiger partial charge in [0.1, 0.15) is 23.1 Å². The Bertz CT molecular complexity index is 1160. The van der Waals surface area contributed by atoms with Crippen LogP contribution in [-0.2, 0) is 22.4 Å². The number of halogens is 1. The molecule has 0 saturated carbocycles. The number of carbonyl (C=O) groups is 2. The molecule has 2 aromatic carbocycles. The second kappa shape index (κ2) is 12.0. The number of aromatic nitrogens is 1. The number of likely N-dealkylation sites (tertiary alicyclic amines) is 1. The molecule has 1 aliphatic heterocycles. The predicted molar refractivity (Wildman–Crippen MR) is 138 cm³/mol. The van der Waals surface area contributed by atoms with E-state index < -0.39 is 0 Å². The van der Waals surface area contributed by atoms with E-state index in [9.17, 15) is 9.59 Å². The number of nitrogens with zero attached hydrogens (tertiary/aromatic N) is 2. The molecule has 35 heavy (non-hydrogen) atoms. The quantitative estimate of drug-likeness (QED) is 0.424. The Hall–Kier alpha value is -3.22. The maximum atomic E-state index is 12.5. The number of Topliss-reactive ketones (excluding diaryl/α,β-unsaturated/α-hetero) is 1. The highest BCUT2D eigenvalue weighted by Gasteiger charge is 2.20. The number of piperidine rings is 1. The third kappa shape index (κ3) is 7.64. The molecule has 6 nitrogen and oxygen atoms in total. The van der Waals surface area contributed by atoms with Gasteiger partial charge in [-0.1, -0.05) is 48.0 Å². The van der Waals surface area contributed by atoms with Gasteiger partial charge >= 0.3 is 0 Å². The van der Waals surface area contributed by atoms with Crippen LogP contribution in [-0.4, -0.2) is 41.7 Å². The second-order valence-corrected chi connectivity index (χ2v) is 9.52. The van der Waals surface area contributed by atoms with Gasteiger partial charge in [0.25, 0.3) is 0 Å². The normalized spacial score (nSPS) is 14.5. The van der Waals surface area contributed by atoms with Gasteiger partial charge < -0.3 is 15.0 Å². The van der Waals surface area contributed by atoms with Crippen LogP contribution in [0.4, 0.5) is 5.82 Å².